The lowest BCUT2D eigenvalue weighted by Crippen LogP contribution is -2.20. The zero-order valence-electron chi connectivity index (χ0n) is 12.6. The van der Waals surface area contributed by atoms with E-state index in [1.807, 2.05) is 6.92 Å². The van der Waals surface area contributed by atoms with Gasteiger partial charge in [-0.2, -0.15) is 13.2 Å². The van der Waals surface area contributed by atoms with E-state index in [-0.39, 0.29) is 0 Å². The third-order valence-electron chi connectivity index (χ3n) is 3.07. The molecule has 0 radical (unpaired) electrons. The molecule has 0 unspecified atom stereocenters. The first-order chi connectivity index (χ1) is 9.93. The minimum Gasteiger partial charge on any atom is -0.244 e. The van der Waals surface area contributed by atoms with Gasteiger partial charge in [-0.05, 0) is 38.0 Å². The second kappa shape index (κ2) is 8.65. The SMILES string of the molecule is CCCCCC/C=C/C(=Nc1ccc(C)cc1)C(F)(F)F. The minimum atomic E-state index is -4.43. The molecule has 0 atom stereocenters. The zero-order valence-corrected chi connectivity index (χ0v) is 12.6. The molecule has 4 heteroatoms. The Balaban J connectivity index is 2.72. The predicted molar refractivity (Wildman–Crippen MR) is 82.2 cm³/mol. The molecule has 0 bridgehead atoms. The molecular weight excluding hydrogens is 275 g/mol. The highest BCUT2D eigenvalue weighted by Crippen LogP contribution is 2.23. The fourth-order valence-electron chi connectivity index (χ4n) is 1.84. The molecule has 1 aromatic rings. The quantitative estimate of drug-likeness (QED) is 0.422. The number of nitrogens with zero attached hydrogens (tertiary/aromatic N) is 1. The molecule has 0 N–H and O–H groups in total. The van der Waals surface area contributed by atoms with Crippen LogP contribution in [0.1, 0.15) is 44.6 Å². The van der Waals surface area contributed by atoms with Crippen LogP contribution >= 0.6 is 0 Å². The molecule has 116 valence electrons. The van der Waals surface area contributed by atoms with Gasteiger partial charge < -0.3 is 0 Å². The van der Waals surface area contributed by atoms with Crippen molar-refractivity contribution in [2.24, 2.45) is 4.99 Å². The van der Waals surface area contributed by atoms with Crippen LogP contribution in [0.25, 0.3) is 0 Å². The number of halogens is 3. The van der Waals surface area contributed by atoms with Crippen molar-refractivity contribution >= 4 is 11.4 Å². The van der Waals surface area contributed by atoms with E-state index >= 15 is 0 Å². The fourth-order valence-corrected chi connectivity index (χ4v) is 1.84. The van der Waals surface area contributed by atoms with Crippen molar-refractivity contribution in [3.8, 4) is 0 Å². The molecule has 1 rings (SSSR count). The third-order valence-corrected chi connectivity index (χ3v) is 3.07. The molecular formula is C17H22F3N. The molecule has 0 aliphatic rings. The second-order valence-corrected chi connectivity index (χ2v) is 5.08. The van der Waals surface area contributed by atoms with Gasteiger partial charge in [-0.3, -0.25) is 0 Å². The van der Waals surface area contributed by atoms with Crippen LogP contribution in [-0.2, 0) is 0 Å². The summed E-state index contributed by atoms with van der Waals surface area (Å²) in [4.78, 5) is 3.71. The smallest absolute Gasteiger partial charge is 0.244 e. The summed E-state index contributed by atoms with van der Waals surface area (Å²) in [7, 11) is 0. The first kappa shape index (κ1) is 17.5. The van der Waals surface area contributed by atoms with Gasteiger partial charge in [0.05, 0.1) is 5.69 Å². The highest BCUT2D eigenvalue weighted by atomic mass is 19.4. The topological polar surface area (TPSA) is 12.4 Å². The third kappa shape index (κ3) is 7.11. The lowest BCUT2D eigenvalue weighted by molar-refractivity contribution is -0.0576. The van der Waals surface area contributed by atoms with Crippen LogP contribution in [0.5, 0.6) is 0 Å². The molecule has 1 nitrogen and oxygen atoms in total. The van der Waals surface area contributed by atoms with Crippen molar-refractivity contribution in [3.63, 3.8) is 0 Å². The van der Waals surface area contributed by atoms with Crippen LogP contribution in [0.3, 0.4) is 0 Å². The average Bonchev–Trinajstić information content (AvgIpc) is 2.42. The molecule has 0 aliphatic heterocycles. The van der Waals surface area contributed by atoms with Crippen LogP contribution in [0.2, 0.25) is 0 Å². The molecule has 0 aliphatic carbocycles. The number of aryl methyl sites for hydroxylation is 1. The van der Waals surface area contributed by atoms with Gasteiger partial charge in [0.25, 0.3) is 0 Å². The van der Waals surface area contributed by atoms with E-state index in [1.54, 1.807) is 30.3 Å². The summed E-state index contributed by atoms with van der Waals surface area (Å²) < 4.78 is 38.8. The number of hydrogen-bond donors (Lipinski definition) is 0. The van der Waals surface area contributed by atoms with Gasteiger partial charge in [0.2, 0.25) is 0 Å². The van der Waals surface area contributed by atoms with Crippen LogP contribution < -0.4 is 0 Å². The number of alkyl halides is 3. The maximum Gasteiger partial charge on any atom is 0.433 e. The molecule has 0 spiro atoms. The molecule has 0 saturated carbocycles. The Kier molecular flexibility index (Phi) is 7.20. The molecule has 0 aromatic heterocycles. The summed E-state index contributed by atoms with van der Waals surface area (Å²) in [6, 6.07) is 6.69. The number of rotatable bonds is 7. The molecule has 0 heterocycles. The predicted octanol–water partition coefficient (Wildman–Crippen LogP) is 6.16. The molecule has 1 aromatic carbocycles. The Labute approximate surface area is 124 Å². The number of unbranched alkanes of at least 4 members (excludes halogenated alkanes) is 4. The number of benzene rings is 1. The average molecular weight is 297 g/mol. The summed E-state index contributed by atoms with van der Waals surface area (Å²) in [6.45, 7) is 3.99. The van der Waals surface area contributed by atoms with Crippen LogP contribution in [-0.4, -0.2) is 11.9 Å². The molecule has 0 saturated heterocycles. The molecule has 0 fully saturated rings. The van der Waals surface area contributed by atoms with Gasteiger partial charge in [0.15, 0.2) is 0 Å². The van der Waals surface area contributed by atoms with E-state index in [1.165, 1.54) is 0 Å². The van der Waals surface area contributed by atoms with Crippen LogP contribution in [0.15, 0.2) is 41.4 Å². The Hall–Kier alpha value is -1.58. The Morgan fingerprint density at radius 2 is 1.76 bits per heavy atom. The monoisotopic (exact) mass is 297 g/mol. The number of hydrogen-bond acceptors (Lipinski definition) is 1. The van der Waals surface area contributed by atoms with Crippen molar-refractivity contribution in [1.29, 1.82) is 0 Å². The first-order valence-corrected chi connectivity index (χ1v) is 7.32. The maximum absolute atomic E-state index is 12.9. The standard InChI is InChI=1S/C17H22F3N/c1-3-4-5-6-7-8-9-16(17(18,19)20)21-15-12-10-14(2)11-13-15/h8-13H,3-7H2,1-2H3/b9-8+,21-16?. The van der Waals surface area contributed by atoms with E-state index in [4.69, 9.17) is 0 Å². The fraction of sp³-hybridized carbons (Fsp3) is 0.471. The summed E-state index contributed by atoms with van der Waals surface area (Å²) in [5.74, 6) is 0. The summed E-state index contributed by atoms with van der Waals surface area (Å²) in [5, 5.41) is 0. The van der Waals surface area contributed by atoms with Crippen molar-refractivity contribution in [2.75, 3.05) is 0 Å². The van der Waals surface area contributed by atoms with Gasteiger partial charge in [-0.25, -0.2) is 4.99 Å². The minimum absolute atomic E-state index is 0.323. The van der Waals surface area contributed by atoms with Crippen molar-refractivity contribution in [3.05, 3.63) is 42.0 Å². The van der Waals surface area contributed by atoms with Crippen LogP contribution in [0, 0.1) is 6.92 Å². The van der Waals surface area contributed by atoms with E-state index in [9.17, 15) is 13.2 Å². The lowest BCUT2D eigenvalue weighted by atomic mass is 10.1. The van der Waals surface area contributed by atoms with Gasteiger partial charge in [-0.1, -0.05) is 50.0 Å². The van der Waals surface area contributed by atoms with Crippen molar-refractivity contribution in [1.82, 2.24) is 0 Å². The Bertz CT molecular complexity index is 470. The van der Waals surface area contributed by atoms with Gasteiger partial charge in [0.1, 0.15) is 5.71 Å². The van der Waals surface area contributed by atoms with Crippen molar-refractivity contribution in [2.45, 2.75) is 52.1 Å². The van der Waals surface area contributed by atoms with Gasteiger partial charge >= 0.3 is 6.18 Å². The maximum atomic E-state index is 12.9. The Morgan fingerprint density at radius 3 is 2.33 bits per heavy atom. The molecule has 0 amide bonds. The number of aliphatic imine (C=N–C) groups is 1. The van der Waals surface area contributed by atoms with E-state index in [2.05, 4.69) is 11.9 Å². The first-order valence-electron chi connectivity index (χ1n) is 7.32. The zero-order chi connectivity index (χ0) is 15.7. The van der Waals surface area contributed by atoms with Gasteiger partial charge in [0, 0.05) is 0 Å². The highest BCUT2D eigenvalue weighted by Gasteiger charge is 2.33. The number of allylic oxidation sites excluding steroid dienone is 2. The van der Waals surface area contributed by atoms with E-state index < -0.39 is 11.9 Å². The van der Waals surface area contributed by atoms with E-state index in [0.29, 0.717) is 12.1 Å². The largest absolute Gasteiger partial charge is 0.433 e. The Morgan fingerprint density at radius 1 is 1.10 bits per heavy atom. The van der Waals surface area contributed by atoms with Gasteiger partial charge in [-0.15, -0.1) is 0 Å². The van der Waals surface area contributed by atoms with Crippen molar-refractivity contribution < 1.29 is 13.2 Å². The highest BCUT2D eigenvalue weighted by molar-refractivity contribution is 6.00. The summed E-state index contributed by atoms with van der Waals surface area (Å²) >= 11 is 0. The normalized spacial score (nSPS) is 13.1. The summed E-state index contributed by atoms with van der Waals surface area (Å²) in [5.41, 5.74) is 0.472. The van der Waals surface area contributed by atoms with Crippen LogP contribution in [0.4, 0.5) is 18.9 Å². The lowest BCUT2D eigenvalue weighted by Gasteiger charge is -2.07. The molecule has 21 heavy (non-hydrogen) atoms. The van der Waals surface area contributed by atoms with E-state index in [0.717, 1.165) is 37.3 Å². The second-order valence-electron chi connectivity index (χ2n) is 5.08. The summed E-state index contributed by atoms with van der Waals surface area (Å²) in [6.07, 6.45) is 3.09.